The van der Waals surface area contributed by atoms with Gasteiger partial charge in [0.25, 0.3) is 0 Å². The Morgan fingerprint density at radius 1 is 1.42 bits per heavy atom. The van der Waals surface area contributed by atoms with Gasteiger partial charge in [-0.05, 0) is 23.7 Å². The SMILES string of the molecule is CC(C)[C@@H](CN=C=S)NC(=O)OCc1ccccc1. The van der Waals surface area contributed by atoms with Crippen molar-refractivity contribution < 1.29 is 9.53 Å². The topological polar surface area (TPSA) is 50.7 Å². The number of ether oxygens (including phenoxy) is 1. The van der Waals surface area contributed by atoms with Crippen LogP contribution in [-0.4, -0.2) is 23.8 Å². The Labute approximate surface area is 118 Å². The fourth-order valence-electron chi connectivity index (χ4n) is 1.47. The zero-order chi connectivity index (χ0) is 14.1. The van der Waals surface area contributed by atoms with Crippen LogP contribution in [0.25, 0.3) is 0 Å². The Kier molecular flexibility index (Phi) is 6.79. The standard InChI is InChI=1S/C14H18N2O2S/c1-11(2)13(8-15-10-19)16-14(17)18-9-12-6-4-3-5-7-12/h3-7,11,13H,8-9H2,1-2H3,(H,16,17)/t13-/m1/s1. The van der Waals surface area contributed by atoms with Crippen molar-refractivity contribution in [3.8, 4) is 0 Å². The number of nitrogens with zero attached hydrogens (tertiary/aromatic N) is 1. The molecule has 1 aromatic carbocycles. The van der Waals surface area contributed by atoms with Gasteiger partial charge in [-0.3, -0.25) is 0 Å². The summed E-state index contributed by atoms with van der Waals surface area (Å²) in [6.45, 7) is 4.68. The summed E-state index contributed by atoms with van der Waals surface area (Å²) >= 11 is 4.53. The predicted molar refractivity (Wildman–Crippen MR) is 78.3 cm³/mol. The smallest absolute Gasteiger partial charge is 0.407 e. The minimum absolute atomic E-state index is 0.0984. The van der Waals surface area contributed by atoms with Crippen molar-refractivity contribution in [2.24, 2.45) is 10.9 Å². The summed E-state index contributed by atoms with van der Waals surface area (Å²) in [4.78, 5) is 15.5. The molecule has 1 amide bonds. The second-order valence-electron chi connectivity index (χ2n) is 4.49. The number of amides is 1. The fraction of sp³-hybridized carbons (Fsp3) is 0.429. The van der Waals surface area contributed by atoms with Gasteiger partial charge < -0.3 is 10.1 Å². The lowest BCUT2D eigenvalue weighted by atomic mass is 10.1. The van der Waals surface area contributed by atoms with Gasteiger partial charge in [-0.2, -0.15) is 0 Å². The molecule has 0 aliphatic carbocycles. The number of rotatable bonds is 6. The number of aliphatic imine (C=N–C) groups is 1. The van der Waals surface area contributed by atoms with E-state index in [1.54, 1.807) is 0 Å². The van der Waals surface area contributed by atoms with Crippen LogP contribution in [0, 0.1) is 5.92 Å². The molecule has 19 heavy (non-hydrogen) atoms. The molecule has 0 unspecified atom stereocenters. The van der Waals surface area contributed by atoms with Crippen LogP contribution >= 0.6 is 12.2 Å². The first-order chi connectivity index (χ1) is 9.13. The van der Waals surface area contributed by atoms with Crippen LogP contribution in [0.2, 0.25) is 0 Å². The average Bonchev–Trinajstić information content (AvgIpc) is 2.42. The van der Waals surface area contributed by atoms with Crippen molar-refractivity contribution in [2.45, 2.75) is 26.5 Å². The monoisotopic (exact) mass is 278 g/mol. The van der Waals surface area contributed by atoms with Crippen LogP contribution < -0.4 is 5.32 Å². The molecule has 5 heteroatoms. The van der Waals surface area contributed by atoms with Crippen molar-refractivity contribution in [1.29, 1.82) is 0 Å². The average molecular weight is 278 g/mol. The molecule has 1 atom stereocenters. The normalized spacial score (nSPS) is 11.5. The summed E-state index contributed by atoms with van der Waals surface area (Å²) in [5.74, 6) is 0.247. The van der Waals surface area contributed by atoms with E-state index < -0.39 is 6.09 Å². The summed E-state index contributed by atoms with van der Waals surface area (Å²) < 4.78 is 5.15. The summed E-state index contributed by atoms with van der Waals surface area (Å²) in [6.07, 6.45) is -0.442. The number of alkyl carbamates (subject to hydrolysis) is 1. The van der Waals surface area contributed by atoms with Crippen LogP contribution in [-0.2, 0) is 11.3 Å². The van der Waals surface area contributed by atoms with Crippen LogP contribution in [0.4, 0.5) is 4.79 Å². The highest BCUT2D eigenvalue weighted by molar-refractivity contribution is 7.78. The summed E-state index contributed by atoms with van der Waals surface area (Å²) in [6, 6.07) is 9.44. The number of isothiocyanates is 1. The van der Waals surface area contributed by atoms with E-state index in [4.69, 9.17) is 4.74 Å². The van der Waals surface area contributed by atoms with Gasteiger partial charge in [0, 0.05) is 0 Å². The third kappa shape index (κ3) is 6.13. The molecule has 4 nitrogen and oxygen atoms in total. The van der Waals surface area contributed by atoms with Crippen molar-refractivity contribution in [1.82, 2.24) is 5.32 Å². The molecule has 1 rings (SSSR count). The second-order valence-corrected chi connectivity index (χ2v) is 4.67. The van der Waals surface area contributed by atoms with E-state index in [0.29, 0.717) is 6.54 Å². The summed E-state index contributed by atoms with van der Waals surface area (Å²) in [5, 5.41) is 5.08. The van der Waals surface area contributed by atoms with Crippen LogP contribution in [0.3, 0.4) is 0 Å². The molecule has 0 saturated heterocycles. The molecule has 0 heterocycles. The number of nitrogens with one attached hydrogen (secondary N) is 1. The minimum atomic E-state index is -0.442. The molecule has 0 aromatic heterocycles. The van der Waals surface area contributed by atoms with Gasteiger partial charge >= 0.3 is 6.09 Å². The molecular formula is C14H18N2O2S. The highest BCUT2D eigenvalue weighted by atomic mass is 32.1. The number of thiocarbonyl (C=S) groups is 1. The Bertz CT molecular complexity index is 442. The number of hydrogen-bond acceptors (Lipinski definition) is 4. The number of benzene rings is 1. The lowest BCUT2D eigenvalue weighted by Crippen LogP contribution is -2.40. The van der Waals surface area contributed by atoms with Gasteiger partial charge in [0.2, 0.25) is 0 Å². The molecule has 1 aromatic rings. The molecular weight excluding hydrogens is 260 g/mol. The van der Waals surface area contributed by atoms with E-state index in [2.05, 4.69) is 27.7 Å². The van der Waals surface area contributed by atoms with Crippen molar-refractivity contribution in [3.63, 3.8) is 0 Å². The maximum absolute atomic E-state index is 11.7. The minimum Gasteiger partial charge on any atom is -0.445 e. The molecule has 0 aliphatic rings. The first-order valence-corrected chi connectivity index (χ1v) is 6.55. The maximum Gasteiger partial charge on any atom is 0.407 e. The van der Waals surface area contributed by atoms with Gasteiger partial charge in [-0.15, -0.1) is 0 Å². The van der Waals surface area contributed by atoms with Gasteiger partial charge in [0.05, 0.1) is 17.7 Å². The van der Waals surface area contributed by atoms with Gasteiger partial charge in [0.15, 0.2) is 0 Å². The Hall–Kier alpha value is -1.71. The summed E-state index contributed by atoms with van der Waals surface area (Å²) in [7, 11) is 0. The highest BCUT2D eigenvalue weighted by Gasteiger charge is 2.16. The molecule has 0 spiro atoms. The Morgan fingerprint density at radius 2 is 2.11 bits per heavy atom. The number of hydrogen-bond donors (Lipinski definition) is 1. The second kappa shape index (κ2) is 8.40. The lowest BCUT2D eigenvalue weighted by Gasteiger charge is -2.19. The van der Waals surface area contributed by atoms with E-state index >= 15 is 0 Å². The molecule has 102 valence electrons. The van der Waals surface area contributed by atoms with Crippen LogP contribution in [0.15, 0.2) is 35.3 Å². The predicted octanol–water partition coefficient (Wildman–Crippen LogP) is 3.04. The van der Waals surface area contributed by atoms with E-state index in [9.17, 15) is 4.79 Å². The van der Waals surface area contributed by atoms with Crippen LogP contribution in [0.5, 0.6) is 0 Å². The van der Waals surface area contributed by atoms with E-state index in [1.807, 2.05) is 44.2 Å². The zero-order valence-corrected chi connectivity index (χ0v) is 11.9. The Balaban J connectivity index is 2.42. The van der Waals surface area contributed by atoms with E-state index in [-0.39, 0.29) is 18.6 Å². The zero-order valence-electron chi connectivity index (χ0n) is 11.1. The number of carbonyl (C=O) groups excluding carboxylic acids is 1. The largest absolute Gasteiger partial charge is 0.445 e. The first kappa shape index (κ1) is 15.3. The molecule has 0 fully saturated rings. The summed E-state index contributed by atoms with van der Waals surface area (Å²) in [5.41, 5.74) is 0.954. The van der Waals surface area contributed by atoms with Crippen molar-refractivity contribution in [2.75, 3.05) is 6.54 Å². The first-order valence-electron chi connectivity index (χ1n) is 6.14. The van der Waals surface area contributed by atoms with Crippen LogP contribution in [0.1, 0.15) is 19.4 Å². The third-order valence-electron chi connectivity index (χ3n) is 2.67. The molecule has 0 radical (unpaired) electrons. The third-order valence-corrected chi connectivity index (χ3v) is 2.80. The van der Waals surface area contributed by atoms with E-state index in [1.165, 1.54) is 0 Å². The number of carbonyl (C=O) groups is 1. The van der Waals surface area contributed by atoms with Gasteiger partial charge in [-0.25, -0.2) is 9.79 Å². The quantitative estimate of drug-likeness (QED) is 0.643. The molecule has 0 aliphatic heterocycles. The Morgan fingerprint density at radius 3 is 2.68 bits per heavy atom. The molecule has 0 saturated carbocycles. The van der Waals surface area contributed by atoms with Gasteiger partial charge in [-0.1, -0.05) is 44.2 Å². The molecule has 1 N–H and O–H groups in total. The highest BCUT2D eigenvalue weighted by Crippen LogP contribution is 2.04. The van der Waals surface area contributed by atoms with Crippen molar-refractivity contribution >= 4 is 23.5 Å². The van der Waals surface area contributed by atoms with Gasteiger partial charge in [0.1, 0.15) is 6.61 Å². The molecule has 0 bridgehead atoms. The maximum atomic E-state index is 11.7. The lowest BCUT2D eigenvalue weighted by molar-refractivity contribution is 0.133. The van der Waals surface area contributed by atoms with Crippen molar-refractivity contribution in [3.05, 3.63) is 35.9 Å². The fourth-order valence-corrected chi connectivity index (χ4v) is 1.55. The van der Waals surface area contributed by atoms with E-state index in [0.717, 1.165) is 5.56 Å².